The molecule has 0 saturated heterocycles. The molecule has 1 amide bonds. The largest absolute Gasteiger partial charge is 0.438 e. The van der Waals surface area contributed by atoms with E-state index >= 15 is 0 Å². The smallest absolute Gasteiger partial charge is 0.258 e. The lowest BCUT2D eigenvalue weighted by Crippen LogP contribution is -2.27. The first-order chi connectivity index (χ1) is 15.1. The summed E-state index contributed by atoms with van der Waals surface area (Å²) in [6, 6.07) is 26.9. The minimum atomic E-state index is -0.292. The van der Waals surface area contributed by atoms with Crippen molar-refractivity contribution in [1.29, 1.82) is 0 Å². The van der Waals surface area contributed by atoms with E-state index in [1.807, 2.05) is 98.8 Å². The highest BCUT2D eigenvalue weighted by Crippen LogP contribution is 2.28. The summed E-state index contributed by atoms with van der Waals surface area (Å²) in [5, 5.41) is 3.01. The van der Waals surface area contributed by atoms with Gasteiger partial charge in [-0.2, -0.15) is 4.98 Å². The van der Waals surface area contributed by atoms with Gasteiger partial charge in [0.1, 0.15) is 11.3 Å². The third-order valence-electron chi connectivity index (χ3n) is 4.98. The highest BCUT2D eigenvalue weighted by atomic mass is 16.5. The molecule has 4 aromatic rings. The number of para-hydroxylation sites is 1. The van der Waals surface area contributed by atoms with E-state index in [4.69, 9.17) is 4.74 Å². The van der Waals surface area contributed by atoms with Gasteiger partial charge in [-0.25, -0.2) is 4.98 Å². The van der Waals surface area contributed by atoms with E-state index in [2.05, 4.69) is 15.3 Å². The Kier molecular flexibility index (Phi) is 6.03. The molecule has 3 aromatic carbocycles. The molecule has 0 fully saturated rings. The van der Waals surface area contributed by atoms with E-state index < -0.39 is 0 Å². The lowest BCUT2D eigenvalue weighted by atomic mass is 10.1. The van der Waals surface area contributed by atoms with E-state index in [-0.39, 0.29) is 23.4 Å². The Labute approximate surface area is 181 Å². The minimum Gasteiger partial charge on any atom is -0.438 e. The number of ether oxygens (including phenoxy) is 1. The van der Waals surface area contributed by atoms with Crippen LogP contribution in [0.2, 0.25) is 0 Å². The highest BCUT2D eigenvalue weighted by Gasteiger charge is 2.20. The van der Waals surface area contributed by atoms with Gasteiger partial charge in [0.15, 0.2) is 5.82 Å². The Morgan fingerprint density at radius 1 is 0.903 bits per heavy atom. The van der Waals surface area contributed by atoms with E-state index in [1.54, 1.807) is 0 Å². The first-order valence-corrected chi connectivity index (χ1v) is 10.1. The number of aromatic nitrogens is 2. The Bertz CT molecular complexity index is 1180. The molecule has 0 aliphatic rings. The van der Waals surface area contributed by atoms with Crippen LogP contribution in [-0.2, 0) is 0 Å². The molecule has 0 aliphatic carbocycles. The number of nitrogens with zero attached hydrogens (tertiary/aromatic N) is 2. The molecule has 0 bridgehead atoms. The van der Waals surface area contributed by atoms with Crippen LogP contribution in [0.5, 0.6) is 11.6 Å². The second-order valence-corrected chi connectivity index (χ2v) is 7.25. The fraction of sp³-hybridized carbons (Fsp3) is 0.115. The maximum absolute atomic E-state index is 13.1. The van der Waals surface area contributed by atoms with Gasteiger partial charge in [0.2, 0.25) is 5.88 Å². The zero-order chi connectivity index (χ0) is 21.6. The summed E-state index contributed by atoms with van der Waals surface area (Å²) in [5.41, 5.74) is 3.10. The van der Waals surface area contributed by atoms with Crippen molar-refractivity contribution in [2.24, 2.45) is 0 Å². The number of carbonyl (C=O) groups excluding carboxylic acids is 1. The Balaban J connectivity index is 1.68. The van der Waals surface area contributed by atoms with Crippen LogP contribution in [0.1, 0.15) is 34.5 Å². The van der Waals surface area contributed by atoms with Crippen LogP contribution in [0.3, 0.4) is 0 Å². The SMILES string of the molecule is Cc1ccccc1Oc1nc(-c2ccccc2)ncc1C(=O)N[C@@H](C)c1ccccc1. The quantitative estimate of drug-likeness (QED) is 0.441. The molecule has 0 aliphatic heterocycles. The average molecular weight is 409 g/mol. The number of hydrogen-bond acceptors (Lipinski definition) is 4. The van der Waals surface area contributed by atoms with Crippen LogP contribution in [0.15, 0.2) is 91.1 Å². The van der Waals surface area contributed by atoms with Crippen molar-refractivity contribution in [1.82, 2.24) is 15.3 Å². The molecule has 5 heteroatoms. The maximum atomic E-state index is 13.1. The number of rotatable bonds is 6. The van der Waals surface area contributed by atoms with Crippen molar-refractivity contribution in [3.8, 4) is 23.0 Å². The second kappa shape index (κ2) is 9.22. The Morgan fingerprint density at radius 3 is 2.26 bits per heavy atom. The molecule has 1 aromatic heterocycles. The molecule has 1 N–H and O–H groups in total. The van der Waals surface area contributed by atoms with Gasteiger partial charge in [-0.05, 0) is 31.0 Å². The highest BCUT2D eigenvalue weighted by molar-refractivity contribution is 5.96. The van der Waals surface area contributed by atoms with Crippen molar-refractivity contribution in [2.45, 2.75) is 19.9 Å². The van der Waals surface area contributed by atoms with Crippen molar-refractivity contribution in [3.05, 3.63) is 108 Å². The van der Waals surface area contributed by atoms with Crippen LogP contribution in [0.4, 0.5) is 0 Å². The molecule has 154 valence electrons. The van der Waals surface area contributed by atoms with Gasteiger partial charge in [-0.3, -0.25) is 4.79 Å². The van der Waals surface area contributed by atoms with Gasteiger partial charge >= 0.3 is 0 Å². The van der Waals surface area contributed by atoms with Crippen molar-refractivity contribution in [2.75, 3.05) is 0 Å². The molecular weight excluding hydrogens is 386 g/mol. The molecule has 5 nitrogen and oxygen atoms in total. The lowest BCUT2D eigenvalue weighted by Gasteiger charge is -2.16. The molecule has 0 unspecified atom stereocenters. The van der Waals surface area contributed by atoms with E-state index in [1.165, 1.54) is 6.20 Å². The second-order valence-electron chi connectivity index (χ2n) is 7.25. The van der Waals surface area contributed by atoms with E-state index in [0.717, 1.165) is 16.7 Å². The summed E-state index contributed by atoms with van der Waals surface area (Å²) >= 11 is 0. The summed E-state index contributed by atoms with van der Waals surface area (Å²) in [4.78, 5) is 22.1. The molecular formula is C26H23N3O2. The first kappa shape index (κ1) is 20.3. The lowest BCUT2D eigenvalue weighted by molar-refractivity contribution is 0.0936. The molecule has 0 spiro atoms. The maximum Gasteiger partial charge on any atom is 0.258 e. The molecule has 1 heterocycles. The fourth-order valence-corrected chi connectivity index (χ4v) is 3.20. The monoisotopic (exact) mass is 409 g/mol. The zero-order valence-corrected chi connectivity index (χ0v) is 17.4. The van der Waals surface area contributed by atoms with E-state index in [9.17, 15) is 4.79 Å². The van der Waals surface area contributed by atoms with Gasteiger partial charge in [0.25, 0.3) is 5.91 Å². The van der Waals surface area contributed by atoms with Crippen molar-refractivity contribution < 1.29 is 9.53 Å². The van der Waals surface area contributed by atoms with Crippen LogP contribution >= 0.6 is 0 Å². The predicted molar refractivity (Wildman–Crippen MR) is 121 cm³/mol. The average Bonchev–Trinajstić information content (AvgIpc) is 2.81. The third-order valence-corrected chi connectivity index (χ3v) is 4.98. The van der Waals surface area contributed by atoms with Gasteiger partial charge in [0.05, 0.1) is 6.04 Å². The summed E-state index contributed by atoms with van der Waals surface area (Å²) in [5.74, 6) is 1.07. The van der Waals surface area contributed by atoms with Crippen LogP contribution in [0.25, 0.3) is 11.4 Å². The third kappa shape index (κ3) is 4.78. The zero-order valence-electron chi connectivity index (χ0n) is 17.4. The number of aryl methyl sites for hydroxylation is 1. The summed E-state index contributed by atoms with van der Waals surface area (Å²) in [7, 11) is 0. The molecule has 4 rings (SSSR count). The molecule has 0 radical (unpaired) electrons. The van der Waals surface area contributed by atoms with E-state index in [0.29, 0.717) is 11.6 Å². The summed E-state index contributed by atoms with van der Waals surface area (Å²) in [6.45, 7) is 3.89. The van der Waals surface area contributed by atoms with Crippen molar-refractivity contribution in [3.63, 3.8) is 0 Å². The predicted octanol–water partition coefficient (Wildman–Crippen LogP) is 5.74. The number of carbonyl (C=O) groups is 1. The van der Waals surface area contributed by atoms with Crippen molar-refractivity contribution >= 4 is 5.91 Å². The molecule has 31 heavy (non-hydrogen) atoms. The normalized spacial score (nSPS) is 11.5. The van der Waals surface area contributed by atoms with Crippen LogP contribution < -0.4 is 10.1 Å². The van der Waals surface area contributed by atoms with Gasteiger partial charge in [-0.1, -0.05) is 78.9 Å². The fourth-order valence-electron chi connectivity index (χ4n) is 3.20. The van der Waals surface area contributed by atoms with Crippen LogP contribution in [-0.4, -0.2) is 15.9 Å². The minimum absolute atomic E-state index is 0.172. The van der Waals surface area contributed by atoms with Gasteiger partial charge in [-0.15, -0.1) is 0 Å². The number of amides is 1. The topological polar surface area (TPSA) is 64.1 Å². The Hall–Kier alpha value is -3.99. The van der Waals surface area contributed by atoms with Gasteiger partial charge in [0, 0.05) is 11.8 Å². The number of benzene rings is 3. The number of nitrogens with one attached hydrogen (secondary N) is 1. The first-order valence-electron chi connectivity index (χ1n) is 10.1. The standard InChI is InChI=1S/C26H23N3O2/c1-18-11-9-10-16-23(18)31-26-22(17-27-24(29-26)21-14-7-4-8-15-21)25(30)28-19(2)20-12-5-3-6-13-20/h3-17,19H,1-2H3,(H,28,30)/t19-/m0/s1. The van der Waals surface area contributed by atoms with Crippen LogP contribution in [0, 0.1) is 6.92 Å². The number of hydrogen-bond donors (Lipinski definition) is 1. The Morgan fingerprint density at radius 2 is 1.55 bits per heavy atom. The summed E-state index contributed by atoms with van der Waals surface area (Å²) in [6.07, 6.45) is 1.52. The van der Waals surface area contributed by atoms with Gasteiger partial charge < -0.3 is 10.1 Å². The summed E-state index contributed by atoms with van der Waals surface area (Å²) < 4.78 is 6.10. The molecule has 1 atom stereocenters. The molecule has 0 saturated carbocycles.